The van der Waals surface area contributed by atoms with Crippen LogP contribution in [0.1, 0.15) is 106 Å². The molecule has 7 rings (SSSR count). The van der Waals surface area contributed by atoms with E-state index in [1.54, 1.807) is 0 Å². The summed E-state index contributed by atoms with van der Waals surface area (Å²) >= 11 is 0. The van der Waals surface area contributed by atoms with Crippen molar-refractivity contribution in [3.63, 3.8) is 0 Å². The fourth-order valence-corrected chi connectivity index (χ4v) is 13.5. The number of carboxylic acid groups (broad SMARTS) is 1. The summed E-state index contributed by atoms with van der Waals surface area (Å²) in [6.45, 7) is 14.9. The topological polar surface area (TPSA) is 233 Å². The number of hydrogen-bond donors (Lipinski definition) is 8. The molecule has 5 aliphatic carbocycles. The number of fused-ring (bicyclic) bond motifs is 7. The highest BCUT2D eigenvalue weighted by molar-refractivity contribution is 5.87. The molecule has 4 saturated carbocycles. The second kappa shape index (κ2) is 14.3. The normalized spacial score (nSPS) is 54.2. The van der Waals surface area contributed by atoms with Crippen molar-refractivity contribution in [3.05, 3.63) is 11.6 Å². The van der Waals surface area contributed by atoms with Crippen molar-refractivity contribution in [1.82, 2.24) is 0 Å². The van der Waals surface area contributed by atoms with Gasteiger partial charge in [-0.3, -0.25) is 4.79 Å². The monoisotopic (exact) mass is 794 g/mol. The maximum Gasteiger partial charge on any atom is 0.335 e. The molecule has 2 aliphatic heterocycles. The molecule has 14 nitrogen and oxygen atoms in total. The molecule has 14 heteroatoms. The Morgan fingerprint density at radius 2 is 1.50 bits per heavy atom. The number of carboxylic acids is 1. The predicted octanol–water partition coefficient (Wildman–Crippen LogP) is 2.06. The van der Waals surface area contributed by atoms with Crippen LogP contribution in [0.4, 0.5) is 0 Å². The zero-order chi connectivity index (χ0) is 41.1. The van der Waals surface area contributed by atoms with E-state index in [0.717, 1.165) is 44.9 Å². The number of aliphatic hydroxyl groups excluding tert-OH is 7. The van der Waals surface area contributed by atoms with E-state index in [1.807, 2.05) is 6.92 Å². The van der Waals surface area contributed by atoms with Crippen LogP contribution < -0.4 is 0 Å². The van der Waals surface area contributed by atoms with Crippen LogP contribution in [0.2, 0.25) is 0 Å². The number of ketones is 1. The molecule has 8 N–H and O–H groups in total. The van der Waals surface area contributed by atoms with Gasteiger partial charge < -0.3 is 59.8 Å². The number of hydrogen-bond acceptors (Lipinski definition) is 13. The first-order chi connectivity index (χ1) is 26.0. The summed E-state index contributed by atoms with van der Waals surface area (Å²) < 4.78 is 23.8. The first-order valence-corrected chi connectivity index (χ1v) is 20.7. The molecule has 0 aromatic heterocycles. The van der Waals surface area contributed by atoms with Gasteiger partial charge in [0.2, 0.25) is 0 Å². The Balaban J connectivity index is 1.17. The maximum absolute atomic E-state index is 13.7. The van der Waals surface area contributed by atoms with Crippen LogP contribution in [-0.4, -0.2) is 133 Å². The van der Waals surface area contributed by atoms with Gasteiger partial charge in [-0.2, -0.15) is 0 Å². The van der Waals surface area contributed by atoms with Crippen LogP contribution in [0.3, 0.4) is 0 Å². The maximum atomic E-state index is 13.7. The second-order valence-corrected chi connectivity index (χ2v) is 20.6. The first-order valence-electron chi connectivity index (χ1n) is 20.7. The molecule has 56 heavy (non-hydrogen) atoms. The Morgan fingerprint density at radius 3 is 2.14 bits per heavy atom. The summed E-state index contributed by atoms with van der Waals surface area (Å²) in [5.74, 6) is -0.705. The number of carbonyl (C=O) groups is 2. The van der Waals surface area contributed by atoms with Crippen LogP contribution >= 0.6 is 0 Å². The summed E-state index contributed by atoms with van der Waals surface area (Å²) in [5.41, 5.74) is -0.183. The van der Waals surface area contributed by atoms with Gasteiger partial charge >= 0.3 is 5.97 Å². The molecule has 0 aromatic rings. The van der Waals surface area contributed by atoms with Gasteiger partial charge in [0.05, 0.1) is 19.3 Å². The zero-order valence-electron chi connectivity index (χ0n) is 34.0. The number of rotatable bonds is 7. The first kappa shape index (κ1) is 42.6. The van der Waals surface area contributed by atoms with Crippen molar-refractivity contribution < 1.29 is 69.4 Å². The standard InChI is InChI=1S/C42H66O14/c1-37(2)16-21-20-8-9-24-39(4)12-11-26(40(5,19-44)23(39)10-13-42(24,7)41(20,6)15-14-38(21,3)25(45)17-37)54-36-33(30(49)29(48)32(55-36)34(51)52)56-35-31(50)28(47)27(46)22(18-43)53-35/h8,21-24,26-33,35-36,43-44,46-50H,9-19H2,1-7H3,(H,51,52)/t21-,22+,23?,24+,26-,27+,28-,29-,30-,31+,32-,33+,35-,36+,38+,39-,40+,41+,42+/m0/s1. The fourth-order valence-electron chi connectivity index (χ4n) is 13.5. The van der Waals surface area contributed by atoms with Gasteiger partial charge in [-0.05, 0) is 90.8 Å². The molecule has 2 saturated heterocycles. The Morgan fingerprint density at radius 1 is 0.804 bits per heavy atom. The van der Waals surface area contributed by atoms with Gasteiger partial charge in [-0.25, -0.2) is 4.79 Å². The van der Waals surface area contributed by atoms with E-state index in [2.05, 4.69) is 47.6 Å². The molecule has 2 heterocycles. The van der Waals surface area contributed by atoms with Gasteiger partial charge in [-0.1, -0.05) is 60.1 Å². The van der Waals surface area contributed by atoms with Crippen molar-refractivity contribution in [2.75, 3.05) is 13.2 Å². The third-order valence-electron chi connectivity index (χ3n) is 17.2. The van der Waals surface area contributed by atoms with Crippen molar-refractivity contribution in [2.24, 2.45) is 50.2 Å². The largest absolute Gasteiger partial charge is 0.479 e. The van der Waals surface area contributed by atoms with E-state index in [0.29, 0.717) is 18.6 Å². The molecule has 0 aromatic carbocycles. The van der Waals surface area contributed by atoms with E-state index in [-0.39, 0.29) is 51.4 Å². The van der Waals surface area contributed by atoms with Gasteiger partial charge in [0.1, 0.15) is 48.5 Å². The lowest BCUT2D eigenvalue weighted by atomic mass is 9.33. The average Bonchev–Trinajstić information content (AvgIpc) is 3.13. The minimum absolute atomic E-state index is 0.0291. The summed E-state index contributed by atoms with van der Waals surface area (Å²) in [6.07, 6.45) is -8.50. The van der Waals surface area contributed by atoms with E-state index in [1.165, 1.54) is 5.57 Å². The van der Waals surface area contributed by atoms with Crippen LogP contribution in [0.25, 0.3) is 0 Å². The highest BCUT2D eigenvalue weighted by Crippen LogP contribution is 2.75. The van der Waals surface area contributed by atoms with Crippen LogP contribution in [-0.2, 0) is 28.5 Å². The molecular weight excluding hydrogens is 728 g/mol. The third kappa shape index (κ3) is 6.13. The van der Waals surface area contributed by atoms with Crippen molar-refractivity contribution in [1.29, 1.82) is 0 Å². The SMILES string of the molecule is CC1(C)CC(=O)[C@]2(C)CC[C@]3(C)C(=CC[C@@H]4[C@@]5(C)CC[C@H](O[C@@H]6O[C@H](C(=O)O)[C@@H](O)[C@H](O)[C@H]6O[C@@H]6O[C@H](CO)[C@@H](O)[C@H](O)[C@H]6O)[C@](C)(CO)C5CC[C@]43C)[C@@H]2C1. The third-order valence-corrected chi connectivity index (χ3v) is 17.2. The van der Waals surface area contributed by atoms with Gasteiger partial charge in [-0.15, -0.1) is 0 Å². The molecule has 0 spiro atoms. The van der Waals surface area contributed by atoms with Gasteiger partial charge in [0.15, 0.2) is 18.7 Å². The Hall–Kier alpha value is -1.56. The van der Waals surface area contributed by atoms with Gasteiger partial charge in [0, 0.05) is 17.3 Å². The predicted molar refractivity (Wildman–Crippen MR) is 198 cm³/mol. The zero-order valence-corrected chi connectivity index (χ0v) is 34.0. The highest BCUT2D eigenvalue weighted by Gasteiger charge is 2.70. The average molecular weight is 795 g/mol. The molecule has 318 valence electrons. The van der Waals surface area contributed by atoms with Crippen molar-refractivity contribution in [3.8, 4) is 0 Å². The van der Waals surface area contributed by atoms with E-state index >= 15 is 0 Å². The number of allylic oxidation sites excluding steroid dienone is 2. The Kier molecular flexibility index (Phi) is 10.9. The highest BCUT2D eigenvalue weighted by atomic mass is 16.8. The van der Waals surface area contributed by atoms with Crippen LogP contribution in [0, 0.1) is 50.2 Å². The molecule has 0 amide bonds. The molecule has 0 radical (unpaired) electrons. The second-order valence-electron chi connectivity index (χ2n) is 20.6. The van der Waals surface area contributed by atoms with Crippen LogP contribution in [0.15, 0.2) is 11.6 Å². The Bertz CT molecular complexity index is 1570. The van der Waals surface area contributed by atoms with E-state index in [9.17, 15) is 50.4 Å². The number of carbonyl (C=O) groups excluding carboxylic acids is 1. The fraction of sp³-hybridized carbons (Fsp3) is 0.905. The summed E-state index contributed by atoms with van der Waals surface area (Å²) in [6, 6.07) is 0. The lowest BCUT2D eigenvalue weighted by molar-refractivity contribution is -0.375. The summed E-state index contributed by atoms with van der Waals surface area (Å²) in [5, 5.41) is 84.4. The minimum Gasteiger partial charge on any atom is -0.479 e. The number of aliphatic carboxylic acids is 1. The molecular formula is C42H66O14. The minimum atomic E-state index is -1.97. The van der Waals surface area contributed by atoms with Crippen molar-refractivity contribution >= 4 is 11.8 Å². The number of Topliss-reactive ketones (excluding diaryl/α,β-unsaturated/α-hetero) is 1. The Labute approximate surface area is 329 Å². The molecule has 7 aliphatic rings. The lowest BCUT2D eigenvalue weighted by Gasteiger charge is -2.71. The van der Waals surface area contributed by atoms with Gasteiger partial charge in [0.25, 0.3) is 0 Å². The quantitative estimate of drug-likeness (QED) is 0.136. The van der Waals surface area contributed by atoms with Crippen molar-refractivity contribution in [2.45, 2.75) is 174 Å². The molecule has 6 fully saturated rings. The lowest BCUT2D eigenvalue weighted by Crippen LogP contribution is -2.68. The number of aliphatic hydroxyl groups is 7. The van der Waals surface area contributed by atoms with E-state index < -0.39 is 85.5 Å². The van der Waals surface area contributed by atoms with Crippen LogP contribution in [0.5, 0.6) is 0 Å². The molecule has 0 bridgehead atoms. The molecule has 1 unspecified atom stereocenters. The molecule has 19 atom stereocenters. The summed E-state index contributed by atoms with van der Waals surface area (Å²) in [7, 11) is 0. The smallest absolute Gasteiger partial charge is 0.335 e. The van der Waals surface area contributed by atoms with E-state index in [4.69, 9.17) is 18.9 Å². The number of ether oxygens (including phenoxy) is 4. The summed E-state index contributed by atoms with van der Waals surface area (Å²) in [4.78, 5) is 25.9.